The Bertz CT molecular complexity index is 321. The maximum Gasteiger partial charge on any atom is 0.0707 e. The standard InChI is InChI=1S/C14H21NO/c1-12(2)10-15(3)11-14(16)9-13-7-5-4-6-8-13/h4-8,14,16H,1,9-11H2,2-3H3. The first-order valence-electron chi connectivity index (χ1n) is 5.63. The molecule has 0 aromatic heterocycles. The van der Waals surface area contributed by atoms with E-state index in [2.05, 4.69) is 11.5 Å². The minimum atomic E-state index is -0.313. The molecule has 1 rings (SSSR count). The van der Waals surface area contributed by atoms with Crippen LogP contribution in [0.15, 0.2) is 42.5 Å². The SMILES string of the molecule is C=C(C)CN(C)CC(O)Cc1ccccc1. The van der Waals surface area contributed by atoms with Crippen LogP contribution in [-0.4, -0.2) is 36.2 Å². The maximum atomic E-state index is 9.91. The molecule has 16 heavy (non-hydrogen) atoms. The van der Waals surface area contributed by atoms with E-state index in [9.17, 15) is 5.11 Å². The average Bonchev–Trinajstić information content (AvgIpc) is 2.17. The molecule has 1 aromatic carbocycles. The van der Waals surface area contributed by atoms with Crippen LogP contribution in [0.4, 0.5) is 0 Å². The van der Waals surface area contributed by atoms with Crippen LogP contribution in [0.5, 0.6) is 0 Å². The van der Waals surface area contributed by atoms with Crippen molar-refractivity contribution < 1.29 is 5.11 Å². The fourth-order valence-electron chi connectivity index (χ4n) is 1.84. The van der Waals surface area contributed by atoms with Gasteiger partial charge in [-0.15, -0.1) is 0 Å². The molecule has 1 atom stereocenters. The highest BCUT2D eigenvalue weighted by atomic mass is 16.3. The van der Waals surface area contributed by atoms with Crippen LogP contribution >= 0.6 is 0 Å². The van der Waals surface area contributed by atoms with Gasteiger partial charge < -0.3 is 5.11 Å². The molecule has 0 fully saturated rings. The van der Waals surface area contributed by atoms with E-state index in [0.717, 1.165) is 12.1 Å². The van der Waals surface area contributed by atoms with Crippen molar-refractivity contribution in [2.75, 3.05) is 20.1 Å². The Morgan fingerprint density at radius 3 is 2.56 bits per heavy atom. The van der Waals surface area contributed by atoms with E-state index >= 15 is 0 Å². The van der Waals surface area contributed by atoms with Crippen molar-refractivity contribution in [3.8, 4) is 0 Å². The van der Waals surface area contributed by atoms with Crippen LogP contribution in [0.3, 0.4) is 0 Å². The fourth-order valence-corrected chi connectivity index (χ4v) is 1.84. The van der Waals surface area contributed by atoms with Crippen molar-refractivity contribution in [1.29, 1.82) is 0 Å². The monoisotopic (exact) mass is 219 g/mol. The number of nitrogens with zero attached hydrogens (tertiary/aromatic N) is 1. The summed E-state index contributed by atoms with van der Waals surface area (Å²) in [5.74, 6) is 0. The smallest absolute Gasteiger partial charge is 0.0707 e. The number of benzene rings is 1. The van der Waals surface area contributed by atoms with Gasteiger partial charge in [-0.05, 0) is 26.0 Å². The van der Waals surface area contributed by atoms with Gasteiger partial charge in [0.25, 0.3) is 0 Å². The van der Waals surface area contributed by atoms with Crippen molar-refractivity contribution in [3.05, 3.63) is 48.0 Å². The molecule has 0 spiro atoms. The normalized spacial score (nSPS) is 12.8. The molecule has 1 unspecified atom stereocenters. The first kappa shape index (κ1) is 12.9. The Kier molecular flexibility index (Phi) is 5.23. The fraction of sp³-hybridized carbons (Fsp3) is 0.429. The van der Waals surface area contributed by atoms with Gasteiger partial charge in [0.2, 0.25) is 0 Å². The first-order chi connectivity index (χ1) is 7.58. The Morgan fingerprint density at radius 1 is 1.38 bits per heavy atom. The number of hydrogen-bond acceptors (Lipinski definition) is 2. The van der Waals surface area contributed by atoms with Gasteiger partial charge in [-0.1, -0.05) is 42.5 Å². The third-order valence-corrected chi connectivity index (χ3v) is 2.38. The van der Waals surface area contributed by atoms with Gasteiger partial charge in [-0.2, -0.15) is 0 Å². The molecule has 0 amide bonds. The summed E-state index contributed by atoms with van der Waals surface area (Å²) in [6, 6.07) is 10.1. The van der Waals surface area contributed by atoms with E-state index < -0.39 is 0 Å². The van der Waals surface area contributed by atoms with Crippen LogP contribution in [0.1, 0.15) is 12.5 Å². The lowest BCUT2D eigenvalue weighted by molar-refractivity contribution is 0.130. The van der Waals surface area contributed by atoms with Crippen molar-refractivity contribution in [1.82, 2.24) is 4.90 Å². The topological polar surface area (TPSA) is 23.5 Å². The zero-order valence-electron chi connectivity index (χ0n) is 10.2. The molecule has 0 aliphatic rings. The van der Waals surface area contributed by atoms with E-state index in [1.807, 2.05) is 44.3 Å². The molecule has 1 aromatic rings. The molecular formula is C14H21NO. The van der Waals surface area contributed by atoms with Crippen molar-refractivity contribution in [2.45, 2.75) is 19.4 Å². The minimum absolute atomic E-state index is 0.313. The summed E-state index contributed by atoms with van der Waals surface area (Å²) in [6.07, 6.45) is 0.396. The molecule has 0 heterocycles. The highest BCUT2D eigenvalue weighted by Crippen LogP contribution is 2.04. The van der Waals surface area contributed by atoms with Crippen molar-refractivity contribution >= 4 is 0 Å². The predicted molar refractivity (Wildman–Crippen MR) is 68.5 cm³/mol. The molecule has 1 N–H and O–H groups in total. The van der Waals surface area contributed by atoms with E-state index in [1.54, 1.807) is 0 Å². The number of rotatable bonds is 6. The largest absolute Gasteiger partial charge is 0.391 e. The second-order valence-corrected chi connectivity index (χ2v) is 4.50. The van der Waals surface area contributed by atoms with Crippen molar-refractivity contribution in [3.63, 3.8) is 0 Å². The van der Waals surface area contributed by atoms with Crippen LogP contribution in [-0.2, 0) is 6.42 Å². The van der Waals surface area contributed by atoms with Gasteiger partial charge in [-0.3, -0.25) is 4.90 Å². The number of likely N-dealkylation sites (N-methyl/N-ethyl adjacent to an activating group) is 1. The highest BCUT2D eigenvalue weighted by Gasteiger charge is 2.08. The van der Waals surface area contributed by atoms with Gasteiger partial charge in [-0.25, -0.2) is 0 Å². The maximum absolute atomic E-state index is 9.91. The summed E-state index contributed by atoms with van der Waals surface area (Å²) in [7, 11) is 2.00. The van der Waals surface area contributed by atoms with Gasteiger partial charge in [0, 0.05) is 13.1 Å². The highest BCUT2D eigenvalue weighted by molar-refractivity contribution is 5.15. The first-order valence-corrected chi connectivity index (χ1v) is 5.63. The Morgan fingerprint density at radius 2 is 2.00 bits per heavy atom. The van der Waals surface area contributed by atoms with Crippen LogP contribution < -0.4 is 0 Å². The molecule has 88 valence electrons. The van der Waals surface area contributed by atoms with E-state index in [4.69, 9.17) is 0 Å². The zero-order chi connectivity index (χ0) is 12.0. The van der Waals surface area contributed by atoms with Crippen LogP contribution in [0.25, 0.3) is 0 Å². The quantitative estimate of drug-likeness (QED) is 0.741. The van der Waals surface area contributed by atoms with Gasteiger partial charge in [0.05, 0.1) is 6.10 Å². The lowest BCUT2D eigenvalue weighted by Gasteiger charge is -2.20. The molecule has 0 saturated carbocycles. The second kappa shape index (κ2) is 6.46. The van der Waals surface area contributed by atoms with Crippen LogP contribution in [0, 0.1) is 0 Å². The Hall–Kier alpha value is -1.12. The summed E-state index contributed by atoms with van der Waals surface area (Å²) < 4.78 is 0. The lowest BCUT2D eigenvalue weighted by Crippen LogP contribution is -2.31. The lowest BCUT2D eigenvalue weighted by atomic mass is 10.1. The molecule has 2 heteroatoms. The molecule has 0 radical (unpaired) electrons. The average molecular weight is 219 g/mol. The number of aliphatic hydroxyl groups is 1. The molecule has 2 nitrogen and oxygen atoms in total. The summed E-state index contributed by atoms with van der Waals surface area (Å²) in [6.45, 7) is 7.38. The molecule has 0 aliphatic carbocycles. The number of aliphatic hydroxyl groups excluding tert-OH is 1. The summed E-state index contributed by atoms with van der Waals surface area (Å²) in [4.78, 5) is 2.09. The molecule has 0 aliphatic heterocycles. The zero-order valence-corrected chi connectivity index (χ0v) is 10.2. The van der Waals surface area contributed by atoms with E-state index in [1.165, 1.54) is 5.56 Å². The molecule has 0 saturated heterocycles. The minimum Gasteiger partial charge on any atom is -0.391 e. The third kappa shape index (κ3) is 5.10. The summed E-state index contributed by atoms with van der Waals surface area (Å²) in [5, 5.41) is 9.91. The summed E-state index contributed by atoms with van der Waals surface area (Å²) in [5.41, 5.74) is 2.30. The second-order valence-electron chi connectivity index (χ2n) is 4.50. The van der Waals surface area contributed by atoms with E-state index in [-0.39, 0.29) is 6.10 Å². The Labute approximate surface area is 98.2 Å². The van der Waals surface area contributed by atoms with Crippen molar-refractivity contribution in [2.24, 2.45) is 0 Å². The number of hydrogen-bond donors (Lipinski definition) is 1. The molecular weight excluding hydrogens is 198 g/mol. The van der Waals surface area contributed by atoms with E-state index in [0.29, 0.717) is 13.0 Å². The summed E-state index contributed by atoms with van der Waals surface area (Å²) >= 11 is 0. The Balaban J connectivity index is 2.36. The van der Waals surface area contributed by atoms with Gasteiger partial charge >= 0.3 is 0 Å². The van der Waals surface area contributed by atoms with Gasteiger partial charge in [0.15, 0.2) is 0 Å². The molecule has 0 bridgehead atoms. The third-order valence-electron chi connectivity index (χ3n) is 2.38. The van der Waals surface area contributed by atoms with Gasteiger partial charge in [0.1, 0.15) is 0 Å². The van der Waals surface area contributed by atoms with Crippen LogP contribution in [0.2, 0.25) is 0 Å². The predicted octanol–water partition coefficient (Wildman–Crippen LogP) is 2.10.